The van der Waals surface area contributed by atoms with E-state index >= 15 is 0 Å². The van der Waals surface area contributed by atoms with Gasteiger partial charge in [0.2, 0.25) is 5.24 Å². The first-order chi connectivity index (χ1) is 6.43. The van der Waals surface area contributed by atoms with Crippen LogP contribution < -0.4 is 0 Å². The van der Waals surface area contributed by atoms with E-state index < -0.39 is 0 Å². The molecule has 0 amide bonds. The summed E-state index contributed by atoms with van der Waals surface area (Å²) in [5, 5.41) is -0.276. The normalized spacial score (nSPS) is 13.6. The molecule has 0 aromatic carbocycles. The number of hydrogen-bond acceptors (Lipinski definition) is 2. The lowest BCUT2D eigenvalue weighted by atomic mass is 9.99. The Morgan fingerprint density at radius 3 is 2.07 bits per heavy atom. The molecule has 0 saturated carbocycles. The Hall–Kier alpha value is -0.0800. The van der Waals surface area contributed by atoms with Gasteiger partial charge in [0.1, 0.15) is 0 Å². The van der Waals surface area contributed by atoms with Crippen LogP contribution in [0.25, 0.3) is 0 Å². The molecular formula is C11H21ClO2. The number of hydrogen-bond donors (Lipinski definition) is 0. The summed E-state index contributed by atoms with van der Waals surface area (Å²) in [7, 11) is 0. The maximum Gasteiger partial charge on any atom is 0.227 e. The zero-order valence-electron chi connectivity index (χ0n) is 9.55. The summed E-state index contributed by atoms with van der Waals surface area (Å²) >= 11 is 5.48. The summed E-state index contributed by atoms with van der Waals surface area (Å²) in [4.78, 5) is 11.0. The molecular weight excluding hydrogens is 200 g/mol. The van der Waals surface area contributed by atoms with E-state index in [0.29, 0.717) is 25.0 Å². The number of ether oxygens (including phenoxy) is 1. The minimum absolute atomic E-state index is 0.143. The maximum atomic E-state index is 11.0. The molecule has 2 nitrogen and oxygen atoms in total. The molecule has 14 heavy (non-hydrogen) atoms. The Morgan fingerprint density at radius 2 is 1.71 bits per heavy atom. The van der Waals surface area contributed by atoms with E-state index in [1.807, 2.05) is 0 Å². The van der Waals surface area contributed by atoms with Crippen LogP contribution in [0.2, 0.25) is 0 Å². The van der Waals surface area contributed by atoms with E-state index in [1.165, 1.54) is 0 Å². The predicted molar refractivity (Wildman–Crippen MR) is 59.5 cm³/mol. The predicted octanol–water partition coefficient (Wildman–Crippen LogP) is 3.09. The lowest BCUT2D eigenvalue weighted by molar-refractivity contribution is -0.117. The first-order valence-corrected chi connectivity index (χ1v) is 5.58. The largest absolute Gasteiger partial charge is 0.380 e. The topological polar surface area (TPSA) is 26.3 Å². The molecule has 84 valence electrons. The van der Waals surface area contributed by atoms with Gasteiger partial charge in [-0.2, -0.15) is 0 Å². The second-order valence-corrected chi connectivity index (χ2v) is 4.93. The minimum Gasteiger partial charge on any atom is -0.380 e. The average Bonchev–Trinajstić information content (AvgIpc) is 2.00. The van der Waals surface area contributed by atoms with Gasteiger partial charge in [0.05, 0.1) is 12.5 Å². The van der Waals surface area contributed by atoms with E-state index in [4.69, 9.17) is 16.3 Å². The second kappa shape index (κ2) is 7.24. The van der Waals surface area contributed by atoms with E-state index in [1.54, 1.807) is 0 Å². The van der Waals surface area contributed by atoms with Gasteiger partial charge < -0.3 is 4.74 Å². The molecule has 0 fully saturated rings. The highest BCUT2D eigenvalue weighted by atomic mass is 35.5. The van der Waals surface area contributed by atoms with Crippen LogP contribution in [0.4, 0.5) is 0 Å². The molecule has 1 unspecified atom stereocenters. The summed E-state index contributed by atoms with van der Waals surface area (Å²) in [6.45, 7) is 9.47. The molecule has 0 aliphatic heterocycles. The first-order valence-electron chi connectivity index (χ1n) is 5.20. The highest BCUT2D eigenvalue weighted by Crippen LogP contribution is 2.15. The van der Waals surface area contributed by atoms with Crippen molar-refractivity contribution in [2.24, 2.45) is 17.8 Å². The van der Waals surface area contributed by atoms with Gasteiger partial charge in [0, 0.05) is 6.61 Å². The van der Waals surface area contributed by atoms with Crippen LogP contribution in [0.5, 0.6) is 0 Å². The summed E-state index contributed by atoms with van der Waals surface area (Å²) in [5.41, 5.74) is 0. The van der Waals surface area contributed by atoms with E-state index in [-0.39, 0.29) is 11.2 Å². The number of carbonyl (C=O) groups excluding carboxylic acids is 1. The van der Waals surface area contributed by atoms with Crippen molar-refractivity contribution in [1.82, 2.24) is 0 Å². The molecule has 0 aromatic rings. The van der Waals surface area contributed by atoms with Gasteiger partial charge >= 0.3 is 0 Å². The smallest absolute Gasteiger partial charge is 0.227 e. The molecule has 0 N–H and O–H groups in total. The van der Waals surface area contributed by atoms with Gasteiger partial charge in [0.15, 0.2) is 0 Å². The fourth-order valence-corrected chi connectivity index (χ4v) is 1.39. The molecule has 0 bridgehead atoms. The number of rotatable bonds is 7. The third-order valence-electron chi connectivity index (χ3n) is 1.85. The Bertz CT molecular complexity index is 167. The van der Waals surface area contributed by atoms with Crippen LogP contribution in [0.1, 0.15) is 34.1 Å². The maximum absolute atomic E-state index is 11.0. The van der Waals surface area contributed by atoms with Crippen LogP contribution in [0.15, 0.2) is 0 Å². The molecule has 0 saturated heterocycles. The lowest BCUT2D eigenvalue weighted by Crippen LogP contribution is -2.19. The quantitative estimate of drug-likeness (QED) is 0.617. The van der Waals surface area contributed by atoms with Gasteiger partial charge in [-0.3, -0.25) is 4.79 Å². The van der Waals surface area contributed by atoms with Gasteiger partial charge in [-0.25, -0.2) is 0 Å². The van der Waals surface area contributed by atoms with Crippen LogP contribution in [0, 0.1) is 17.8 Å². The zero-order valence-corrected chi connectivity index (χ0v) is 10.3. The fourth-order valence-electron chi connectivity index (χ4n) is 1.24. The van der Waals surface area contributed by atoms with Gasteiger partial charge in [0.25, 0.3) is 0 Å². The Balaban J connectivity index is 3.80. The standard InChI is InChI=1S/C11H21ClO2/c1-8(2)5-10(11(12)13)7-14-6-9(3)4/h8-10H,5-7H2,1-4H3. The molecule has 0 heterocycles. The highest BCUT2D eigenvalue weighted by Gasteiger charge is 2.17. The highest BCUT2D eigenvalue weighted by molar-refractivity contribution is 6.64. The monoisotopic (exact) mass is 220 g/mol. The van der Waals surface area contributed by atoms with Crippen molar-refractivity contribution in [2.75, 3.05) is 13.2 Å². The molecule has 0 radical (unpaired) electrons. The first kappa shape index (κ1) is 13.9. The molecule has 3 heteroatoms. The SMILES string of the molecule is CC(C)COCC(CC(C)C)C(=O)Cl. The van der Waals surface area contributed by atoms with E-state index in [2.05, 4.69) is 27.7 Å². The number of halogens is 1. The Kier molecular flexibility index (Phi) is 7.20. The van der Waals surface area contributed by atoms with Gasteiger partial charge in [-0.1, -0.05) is 27.7 Å². The van der Waals surface area contributed by atoms with Gasteiger partial charge in [-0.05, 0) is 29.9 Å². The van der Waals surface area contributed by atoms with Crippen LogP contribution in [-0.4, -0.2) is 18.5 Å². The lowest BCUT2D eigenvalue weighted by Gasteiger charge is -2.15. The molecule has 0 aromatic heterocycles. The summed E-state index contributed by atoms with van der Waals surface area (Å²) in [6, 6.07) is 0. The van der Waals surface area contributed by atoms with Crippen molar-refractivity contribution in [3.63, 3.8) is 0 Å². The number of carbonyl (C=O) groups is 1. The van der Waals surface area contributed by atoms with Crippen molar-refractivity contribution in [2.45, 2.75) is 34.1 Å². The van der Waals surface area contributed by atoms with Crippen LogP contribution in [-0.2, 0) is 9.53 Å². The van der Waals surface area contributed by atoms with E-state index in [9.17, 15) is 4.79 Å². The Morgan fingerprint density at radius 1 is 1.14 bits per heavy atom. The van der Waals surface area contributed by atoms with Crippen molar-refractivity contribution in [3.8, 4) is 0 Å². The van der Waals surface area contributed by atoms with Crippen LogP contribution in [0.3, 0.4) is 0 Å². The van der Waals surface area contributed by atoms with Gasteiger partial charge in [-0.15, -0.1) is 0 Å². The van der Waals surface area contributed by atoms with Crippen molar-refractivity contribution < 1.29 is 9.53 Å². The summed E-state index contributed by atoms with van der Waals surface area (Å²) < 4.78 is 5.41. The summed E-state index contributed by atoms with van der Waals surface area (Å²) in [5.74, 6) is 0.834. The third-order valence-corrected chi connectivity index (χ3v) is 2.16. The Labute approximate surface area is 92.0 Å². The molecule has 1 atom stereocenters. The third kappa shape index (κ3) is 7.34. The molecule has 0 spiro atoms. The molecule has 0 aliphatic rings. The van der Waals surface area contributed by atoms with Crippen molar-refractivity contribution >= 4 is 16.8 Å². The van der Waals surface area contributed by atoms with Crippen LogP contribution >= 0.6 is 11.6 Å². The van der Waals surface area contributed by atoms with Crippen molar-refractivity contribution in [3.05, 3.63) is 0 Å². The zero-order chi connectivity index (χ0) is 11.1. The fraction of sp³-hybridized carbons (Fsp3) is 0.909. The molecule has 0 rings (SSSR count). The second-order valence-electron chi connectivity index (χ2n) is 4.56. The minimum atomic E-state index is -0.276. The molecule has 0 aliphatic carbocycles. The van der Waals surface area contributed by atoms with E-state index in [0.717, 1.165) is 6.42 Å². The van der Waals surface area contributed by atoms with Crippen molar-refractivity contribution in [1.29, 1.82) is 0 Å². The average molecular weight is 221 g/mol. The summed E-state index contributed by atoms with van der Waals surface area (Å²) in [6.07, 6.45) is 0.806.